The van der Waals surface area contributed by atoms with E-state index in [4.69, 9.17) is 44.8 Å². The molecule has 0 amide bonds. The van der Waals surface area contributed by atoms with E-state index in [-0.39, 0.29) is 63.1 Å². The number of phenolic OH excluding ortho intramolecular Hbond substituents is 6. The number of aryl methyl sites for hydroxylation is 5. The summed E-state index contributed by atoms with van der Waals surface area (Å²) >= 11 is 0. The number of fused-ring (bicyclic) bond motifs is 7. The van der Waals surface area contributed by atoms with E-state index < -0.39 is 0 Å². The summed E-state index contributed by atoms with van der Waals surface area (Å²) in [6.07, 6.45) is 8.53. The topological polar surface area (TPSA) is 294 Å². The molecule has 9 N–H and O–H groups in total. The largest absolute Gasteiger partial charge is 0.508 e. The van der Waals surface area contributed by atoms with Crippen LogP contribution in [0.2, 0.25) is 0 Å². The molecule has 0 aliphatic carbocycles. The number of carbonyl (C=O) groups is 1. The minimum absolute atomic E-state index is 0.0196. The van der Waals surface area contributed by atoms with Crippen molar-refractivity contribution in [2.45, 2.75) is 79.7 Å². The molecule has 0 saturated heterocycles. The van der Waals surface area contributed by atoms with Crippen molar-refractivity contribution in [3.63, 3.8) is 0 Å². The van der Waals surface area contributed by atoms with Gasteiger partial charge in [-0.2, -0.15) is 0 Å². The fraction of sp³-hybridized carbons (Fsp3) is 0.133. The molecule has 18 nitrogen and oxygen atoms in total. The SMILES string of the molecule is CCc1cc(-c2oncc2-c2ccc3ccccc3c2)c(O)cc1OC.CCc1cc(C(=O)Cc2ccc3ccccc3c2)c(O)cc1O.CCc1cc2c(=O)c(-c3ccc4ccccc4c3)coc2cc1O.CCc1cc2c(=O)c(-c3ccc4ccccc4c3)coc2cc1OC.CCc1ccc(O)cc1O.NO.[C-]#[N+]Cc1ccc2ccccc2c1. The monoisotopic (exact) mass is 1640 g/mol. The van der Waals surface area contributed by atoms with E-state index in [9.17, 15) is 34.8 Å². The number of nitrogens with two attached hydrogens (primary N) is 1. The third kappa shape index (κ3) is 20.5. The van der Waals surface area contributed by atoms with E-state index >= 15 is 0 Å². The number of aromatic hydroxyl groups is 6. The van der Waals surface area contributed by atoms with E-state index in [1.807, 2.05) is 204 Å². The maximum atomic E-state index is 13.0. The molecule has 0 fully saturated rings. The first kappa shape index (κ1) is 87.0. The van der Waals surface area contributed by atoms with Gasteiger partial charge in [-0.25, -0.2) is 12.5 Å². The molecule has 0 atom stereocenters. The number of Topliss-reactive ketones (excluding diaryl/α,β-unsaturated/α-hetero) is 1. The number of hydrogen-bond acceptors (Lipinski definition) is 17. The molecule has 0 radical (unpaired) electrons. The highest BCUT2D eigenvalue weighted by Gasteiger charge is 2.22. The highest BCUT2D eigenvalue weighted by molar-refractivity contribution is 6.01. The molecule has 0 aliphatic rings. The molecule has 0 saturated carbocycles. The molecule has 3 aromatic heterocycles. The second-order valence-electron chi connectivity index (χ2n) is 28.9. The summed E-state index contributed by atoms with van der Waals surface area (Å²) in [5, 5.41) is 81.1. The zero-order valence-corrected chi connectivity index (χ0v) is 69.1. The number of rotatable bonds is 15. The summed E-state index contributed by atoms with van der Waals surface area (Å²) in [6.45, 7) is 17.1. The Balaban J connectivity index is 0.000000137. The molecule has 0 unspecified atom stereocenters. The van der Waals surface area contributed by atoms with Crippen LogP contribution in [0.3, 0.4) is 0 Å². The van der Waals surface area contributed by atoms with Gasteiger partial charge < -0.3 is 63.5 Å². The molecule has 123 heavy (non-hydrogen) atoms. The fourth-order valence-electron chi connectivity index (χ4n) is 14.6. The number of nitrogens with zero attached hydrogens (tertiary/aromatic N) is 2. The first-order valence-corrected chi connectivity index (χ1v) is 40.2. The Morgan fingerprint density at radius 2 is 0.780 bits per heavy atom. The van der Waals surface area contributed by atoms with E-state index in [0.29, 0.717) is 75.1 Å². The van der Waals surface area contributed by atoms with E-state index in [0.717, 1.165) is 118 Å². The number of ketones is 1. The van der Waals surface area contributed by atoms with Gasteiger partial charge in [0.15, 0.2) is 11.5 Å². The van der Waals surface area contributed by atoms with Crippen LogP contribution in [0, 0.1) is 6.57 Å². The van der Waals surface area contributed by atoms with Crippen LogP contribution in [-0.2, 0) is 45.1 Å². The predicted molar refractivity (Wildman–Crippen MR) is 491 cm³/mol. The summed E-state index contributed by atoms with van der Waals surface area (Å²) in [5.41, 5.74) is 12.6. The normalized spacial score (nSPS) is 10.7. The Morgan fingerprint density at radius 3 is 1.25 bits per heavy atom. The lowest BCUT2D eigenvalue weighted by molar-refractivity contribution is 0.0990. The minimum Gasteiger partial charge on any atom is -0.508 e. The number of benzene rings is 15. The maximum absolute atomic E-state index is 13.0. The van der Waals surface area contributed by atoms with Crippen molar-refractivity contribution in [1.29, 1.82) is 0 Å². The summed E-state index contributed by atoms with van der Waals surface area (Å²) < 4.78 is 27.6. The van der Waals surface area contributed by atoms with Gasteiger partial charge in [0.25, 0.3) is 0 Å². The average Bonchev–Trinajstić information content (AvgIpc) is 0.802. The molecule has 0 spiro atoms. The smallest absolute Gasteiger partial charge is 0.239 e. The molecule has 18 rings (SSSR count). The molecule has 18 aromatic rings. The van der Waals surface area contributed by atoms with E-state index in [2.05, 4.69) is 70.5 Å². The van der Waals surface area contributed by atoms with Crippen molar-refractivity contribution in [3.8, 4) is 90.7 Å². The summed E-state index contributed by atoms with van der Waals surface area (Å²) in [5.74, 6) is 5.69. The van der Waals surface area contributed by atoms with Crippen molar-refractivity contribution in [2.24, 2.45) is 5.90 Å². The van der Waals surface area contributed by atoms with Crippen LogP contribution < -0.4 is 26.2 Å². The second kappa shape index (κ2) is 40.9. The van der Waals surface area contributed by atoms with Gasteiger partial charge >= 0.3 is 0 Å². The van der Waals surface area contributed by atoms with Crippen LogP contribution >= 0.6 is 0 Å². The molecular formula is C105H93N3O15. The molecule has 0 bridgehead atoms. The number of phenols is 6. The van der Waals surface area contributed by atoms with Crippen molar-refractivity contribution < 1.29 is 63.5 Å². The van der Waals surface area contributed by atoms with Crippen LogP contribution in [0.4, 0.5) is 0 Å². The van der Waals surface area contributed by atoms with Gasteiger partial charge in [0.1, 0.15) is 69.7 Å². The number of aromatic nitrogens is 1. The van der Waals surface area contributed by atoms with Gasteiger partial charge in [-0.3, -0.25) is 14.4 Å². The van der Waals surface area contributed by atoms with Gasteiger partial charge in [-0.15, -0.1) is 0 Å². The van der Waals surface area contributed by atoms with Gasteiger partial charge in [0, 0.05) is 47.9 Å². The third-order valence-corrected chi connectivity index (χ3v) is 21.3. The standard InChI is InChI=1S/C22H19NO3.C22H18O3.C21H16O3.C20H18O3.C12H9N.C8H10O2.H3NO/c1-3-14-11-18(20(24)12-21(14)25-2)22-19(13-23-26-22)17-9-8-15-6-4-5-7-16(15)10-17;1-3-14-11-18-21(12-20(14)24-2)25-13-19(22(18)23)17-9-8-15-6-4-5-7-16(15)10-17;1-2-13-10-17-20(11-19(13)22)24-12-18(21(17)23)16-8-7-14-5-3-4-6-15(14)9-16;1-2-14-11-17(20(23)12-18(14)21)19(22)10-13-7-8-15-5-3-4-6-16(15)9-13;1-13-9-10-6-7-11-4-2-3-5-12(11)8-10;1-2-6-3-4-7(9)5-8(6)10;1-2/h4-13,24H,3H2,1-2H3;4-13H,3H2,1-2H3;3-12,22H,2H2,1H3;3-9,11-12,21,23H,2,10H2,1H3;2-8H,9H2;3-5,9-10H,2H2,1H3;2H,1H2. The maximum Gasteiger partial charge on any atom is 0.239 e. The van der Waals surface area contributed by atoms with Crippen LogP contribution in [-0.4, -0.2) is 61.0 Å². The first-order chi connectivity index (χ1) is 59.8. The van der Waals surface area contributed by atoms with Crippen molar-refractivity contribution in [2.75, 3.05) is 14.2 Å². The molecule has 0 aliphatic heterocycles. The van der Waals surface area contributed by atoms with Gasteiger partial charge in [0.05, 0.1) is 53.4 Å². The van der Waals surface area contributed by atoms with Crippen LogP contribution in [0.5, 0.6) is 46.0 Å². The van der Waals surface area contributed by atoms with Gasteiger partial charge in [-0.1, -0.05) is 234 Å². The lowest BCUT2D eigenvalue weighted by Crippen LogP contribution is -2.06. The highest BCUT2D eigenvalue weighted by Crippen LogP contribution is 2.42. The quantitative estimate of drug-likeness (QED) is 0.0269. The van der Waals surface area contributed by atoms with E-state index in [1.165, 1.54) is 40.6 Å². The molecule has 3 heterocycles. The highest BCUT2D eigenvalue weighted by atomic mass is 16.5. The lowest BCUT2D eigenvalue weighted by Gasteiger charge is -2.11. The summed E-state index contributed by atoms with van der Waals surface area (Å²) in [7, 11) is 3.23. The summed E-state index contributed by atoms with van der Waals surface area (Å²) in [4.78, 5) is 41.8. The number of hydrogen-bond donors (Lipinski definition) is 8. The summed E-state index contributed by atoms with van der Waals surface area (Å²) in [6, 6.07) is 88.6. The third-order valence-electron chi connectivity index (χ3n) is 21.3. The Morgan fingerprint density at radius 1 is 0.382 bits per heavy atom. The van der Waals surface area contributed by atoms with Crippen molar-refractivity contribution in [3.05, 3.63) is 374 Å². The Bertz CT molecular complexity index is 7000. The zero-order valence-electron chi connectivity index (χ0n) is 69.1. The van der Waals surface area contributed by atoms with Crippen LogP contribution in [0.15, 0.2) is 321 Å². The zero-order chi connectivity index (χ0) is 87.2. The molecule has 618 valence electrons. The lowest BCUT2D eigenvalue weighted by atomic mass is 9.97. The number of methoxy groups -OCH3 is 2. The fourth-order valence-corrected chi connectivity index (χ4v) is 14.6. The molecule has 18 heteroatoms. The molecule has 15 aromatic carbocycles. The Kier molecular flexibility index (Phi) is 29.0. The number of carbonyl (C=O) groups excluding carboxylic acids is 1. The average molecular weight is 1640 g/mol. The van der Waals surface area contributed by atoms with Crippen LogP contribution in [0.25, 0.3) is 125 Å². The van der Waals surface area contributed by atoms with Crippen molar-refractivity contribution in [1.82, 2.24) is 5.16 Å². The van der Waals surface area contributed by atoms with Gasteiger partial charge in [0.2, 0.25) is 17.4 Å². The van der Waals surface area contributed by atoms with E-state index in [1.54, 1.807) is 63.1 Å². The number of ether oxygens (including phenoxy) is 2. The van der Waals surface area contributed by atoms with Crippen molar-refractivity contribution >= 4 is 81.6 Å². The molecular weight excluding hydrogens is 1540 g/mol. The Hall–Kier alpha value is -15.3. The second-order valence-corrected chi connectivity index (χ2v) is 28.9. The predicted octanol–water partition coefficient (Wildman–Crippen LogP) is 24.0. The first-order valence-electron chi connectivity index (χ1n) is 40.2. The Labute approximate surface area is 710 Å². The minimum atomic E-state index is -0.175. The van der Waals surface area contributed by atoms with Gasteiger partial charge in [-0.05, 0) is 191 Å². The van der Waals surface area contributed by atoms with Crippen LogP contribution in [0.1, 0.15) is 83.9 Å².